The average molecular weight is 456 g/mol. The van der Waals surface area contributed by atoms with Crippen molar-refractivity contribution in [3.63, 3.8) is 0 Å². The molecule has 0 aliphatic heterocycles. The third-order valence-electron chi connectivity index (χ3n) is 5.22. The first-order valence-corrected chi connectivity index (χ1v) is 10.7. The number of halogens is 2. The van der Waals surface area contributed by atoms with Crippen molar-refractivity contribution in [1.29, 1.82) is 0 Å². The highest BCUT2D eigenvalue weighted by atomic mass is 19.1. The Bertz CT molecular complexity index is 1290. The maximum atomic E-state index is 13.8. The number of amides is 2. The topological polar surface area (TPSA) is 49.4 Å². The molecule has 0 saturated carbocycles. The van der Waals surface area contributed by atoms with Crippen LogP contribution in [0.3, 0.4) is 0 Å². The number of hydrogen-bond acceptors (Lipinski definition) is 2. The second-order valence-electron chi connectivity index (χ2n) is 7.79. The summed E-state index contributed by atoms with van der Waals surface area (Å²) >= 11 is 0. The Labute approximate surface area is 196 Å². The zero-order valence-electron chi connectivity index (χ0n) is 18.2. The van der Waals surface area contributed by atoms with Gasteiger partial charge in [-0.3, -0.25) is 9.59 Å². The summed E-state index contributed by atoms with van der Waals surface area (Å²) in [6.07, 6.45) is 0.0680. The van der Waals surface area contributed by atoms with Crippen molar-refractivity contribution >= 4 is 23.2 Å². The van der Waals surface area contributed by atoms with Crippen LogP contribution in [-0.4, -0.2) is 11.8 Å². The number of carbonyl (C=O) groups excluding carboxylic acids is 2. The minimum absolute atomic E-state index is 0.0680. The Morgan fingerprint density at radius 2 is 1.41 bits per heavy atom. The molecule has 170 valence electrons. The lowest BCUT2D eigenvalue weighted by atomic mass is 10.1. The van der Waals surface area contributed by atoms with E-state index in [1.165, 1.54) is 42.5 Å². The third-order valence-corrected chi connectivity index (χ3v) is 5.22. The summed E-state index contributed by atoms with van der Waals surface area (Å²) in [4.78, 5) is 27.4. The van der Waals surface area contributed by atoms with Crippen LogP contribution in [0.5, 0.6) is 0 Å². The van der Waals surface area contributed by atoms with Gasteiger partial charge in [0.1, 0.15) is 11.6 Å². The molecule has 0 spiro atoms. The maximum Gasteiger partial charge on any atom is 0.258 e. The van der Waals surface area contributed by atoms with E-state index in [2.05, 4.69) is 5.32 Å². The van der Waals surface area contributed by atoms with Crippen LogP contribution in [0.4, 0.5) is 20.2 Å². The number of nitrogens with zero attached hydrogens (tertiary/aromatic N) is 1. The highest BCUT2D eigenvalue weighted by molar-refractivity contribution is 6.06. The van der Waals surface area contributed by atoms with E-state index >= 15 is 0 Å². The predicted molar refractivity (Wildman–Crippen MR) is 129 cm³/mol. The van der Waals surface area contributed by atoms with Gasteiger partial charge in [0.25, 0.3) is 5.91 Å². The van der Waals surface area contributed by atoms with Gasteiger partial charge in [0.05, 0.1) is 13.0 Å². The quantitative estimate of drug-likeness (QED) is 0.371. The number of carbonyl (C=O) groups is 2. The highest BCUT2D eigenvalue weighted by Gasteiger charge is 2.19. The summed E-state index contributed by atoms with van der Waals surface area (Å²) in [6, 6.07) is 27.7. The maximum absolute atomic E-state index is 13.8. The summed E-state index contributed by atoms with van der Waals surface area (Å²) in [7, 11) is 0. The monoisotopic (exact) mass is 456 g/mol. The average Bonchev–Trinajstić information content (AvgIpc) is 2.84. The van der Waals surface area contributed by atoms with E-state index in [0.29, 0.717) is 16.9 Å². The van der Waals surface area contributed by atoms with Crippen LogP contribution in [-0.2, 0) is 17.8 Å². The molecule has 4 aromatic carbocycles. The van der Waals surface area contributed by atoms with Gasteiger partial charge in [-0.25, -0.2) is 8.78 Å². The summed E-state index contributed by atoms with van der Waals surface area (Å²) < 4.78 is 26.9. The molecule has 0 aromatic heterocycles. The Balaban J connectivity index is 1.58. The lowest BCUT2D eigenvalue weighted by molar-refractivity contribution is -0.115. The van der Waals surface area contributed by atoms with E-state index < -0.39 is 5.82 Å². The first-order valence-electron chi connectivity index (χ1n) is 10.7. The molecule has 0 bridgehead atoms. The Hall–Kier alpha value is -4.32. The fraction of sp³-hybridized carbons (Fsp3) is 0.0714. The first kappa shape index (κ1) is 22.9. The van der Waals surface area contributed by atoms with E-state index in [9.17, 15) is 18.4 Å². The fourth-order valence-electron chi connectivity index (χ4n) is 3.58. The molecule has 0 saturated heterocycles. The molecule has 1 N–H and O–H groups in total. The second-order valence-corrected chi connectivity index (χ2v) is 7.79. The Kier molecular flexibility index (Phi) is 7.08. The van der Waals surface area contributed by atoms with Gasteiger partial charge in [0.15, 0.2) is 0 Å². The number of benzene rings is 4. The molecule has 0 aliphatic rings. The summed E-state index contributed by atoms with van der Waals surface area (Å²) in [5.41, 5.74) is 2.92. The fourth-order valence-corrected chi connectivity index (χ4v) is 3.58. The van der Waals surface area contributed by atoms with Gasteiger partial charge in [-0.05, 0) is 65.7 Å². The zero-order valence-corrected chi connectivity index (χ0v) is 18.2. The number of nitrogens with one attached hydrogen (secondary N) is 1. The molecule has 34 heavy (non-hydrogen) atoms. The van der Waals surface area contributed by atoms with Crippen molar-refractivity contribution in [3.8, 4) is 0 Å². The van der Waals surface area contributed by atoms with E-state index in [0.717, 1.165) is 5.56 Å². The molecule has 0 aliphatic carbocycles. The van der Waals surface area contributed by atoms with Crippen molar-refractivity contribution in [2.45, 2.75) is 13.0 Å². The summed E-state index contributed by atoms with van der Waals surface area (Å²) in [6.45, 7) is 0.279. The number of hydrogen-bond donors (Lipinski definition) is 1. The van der Waals surface area contributed by atoms with Crippen LogP contribution in [0, 0.1) is 11.6 Å². The Morgan fingerprint density at radius 1 is 0.706 bits per heavy atom. The van der Waals surface area contributed by atoms with Crippen molar-refractivity contribution in [2.24, 2.45) is 0 Å². The molecule has 0 radical (unpaired) electrons. The number of anilines is 2. The van der Waals surface area contributed by atoms with E-state index in [1.807, 2.05) is 30.3 Å². The van der Waals surface area contributed by atoms with E-state index in [-0.39, 0.29) is 36.2 Å². The van der Waals surface area contributed by atoms with Crippen LogP contribution in [0.15, 0.2) is 103 Å². The predicted octanol–water partition coefficient (Wildman–Crippen LogP) is 5.99. The molecular weight excluding hydrogens is 434 g/mol. The lowest BCUT2D eigenvalue weighted by Gasteiger charge is -2.24. The van der Waals surface area contributed by atoms with Crippen molar-refractivity contribution in [1.82, 2.24) is 0 Å². The van der Waals surface area contributed by atoms with E-state index in [1.54, 1.807) is 35.2 Å². The van der Waals surface area contributed by atoms with Crippen LogP contribution >= 0.6 is 0 Å². The van der Waals surface area contributed by atoms with Gasteiger partial charge in [-0.15, -0.1) is 0 Å². The number of rotatable bonds is 7. The van der Waals surface area contributed by atoms with Gasteiger partial charge in [0.2, 0.25) is 5.91 Å². The van der Waals surface area contributed by atoms with Gasteiger partial charge in [-0.1, -0.05) is 48.5 Å². The molecule has 0 heterocycles. The second kappa shape index (κ2) is 10.5. The smallest absolute Gasteiger partial charge is 0.258 e. The van der Waals surface area contributed by atoms with Gasteiger partial charge >= 0.3 is 0 Å². The normalized spacial score (nSPS) is 10.5. The Morgan fingerprint density at radius 3 is 2.15 bits per heavy atom. The standard InChI is InChI=1S/C28H22F2N2O2/c29-23-12-14-25(15-13-23)31-27(33)17-21-8-4-11-26(16-21)32(19-20-6-2-1-3-7-20)28(34)22-9-5-10-24(30)18-22/h1-16,18H,17,19H2,(H,31,33). The largest absolute Gasteiger partial charge is 0.326 e. The third kappa shape index (κ3) is 5.92. The van der Waals surface area contributed by atoms with Gasteiger partial charge in [0, 0.05) is 16.9 Å². The lowest BCUT2D eigenvalue weighted by Crippen LogP contribution is -2.30. The van der Waals surface area contributed by atoms with Crippen molar-refractivity contribution in [3.05, 3.63) is 131 Å². The molecule has 0 atom stereocenters. The van der Waals surface area contributed by atoms with Crippen LogP contribution in [0.2, 0.25) is 0 Å². The molecular formula is C28H22F2N2O2. The summed E-state index contributed by atoms with van der Waals surface area (Å²) in [5, 5.41) is 2.73. The SMILES string of the molecule is O=C(Cc1cccc(N(Cc2ccccc2)C(=O)c2cccc(F)c2)c1)Nc1ccc(F)cc1. The molecule has 0 unspecified atom stereocenters. The molecule has 6 heteroatoms. The summed E-state index contributed by atoms with van der Waals surface area (Å²) in [5.74, 6) is -1.49. The van der Waals surface area contributed by atoms with E-state index in [4.69, 9.17) is 0 Å². The first-order chi connectivity index (χ1) is 16.5. The minimum atomic E-state index is -0.489. The van der Waals surface area contributed by atoms with Crippen molar-refractivity contribution < 1.29 is 18.4 Å². The van der Waals surface area contributed by atoms with Crippen LogP contribution < -0.4 is 10.2 Å². The molecule has 4 aromatic rings. The molecule has 0 fully saturated rings. The molecule has 4 nitrogen and oxygen atoms in total. The van der Waals surface area contributed by atoms with Crippen LogP contribution in [0.1, 0.15) is 21.5 Å². The molecule has 2 amide bonds. The van der Waals surface area contributed by atoms with Crippen LogP contribution in [0.25, 0.3) is 0 Å². The molecule has 4 rings (SSSR count). The zero-order chi connectivity index (χ0) is 23.9. The highest BCUT2D eigenvalue weighted by Crippen LogP contribution is 2.23. The van der Waals surface area contributed by atoms with Gasteiger partial charge < -0.3 is 10.2 Å². The minimum Gasteiger partial charge on any atom is -0.326 e. The van der Waals surface area contributed by atoms with Crippen molar-refractivity contribution in [2.75, 3.05) is 10.2 Å². The van der Waals surface area contributed by atoms with Gasteiger partial charge in [-0.2, -0.15) is 0 Å².